The van der Waals surface area contributed by atoms with Crippen LogP contribution in [0, 0.1) is 0 Å². The highest BCUT2D eigenvalue weighted by molar-refractivity contribution is 6.03. The number of benzene rings is 1. The van der Waals surface area contributed by atoms with E-state index in [1.54, 1.807) is 37.3 Å². The lowest BCUT2D eigenvalue weighted by atomic mass is 10.2. The van der Waals surface area contributed by atoms with Gasteiger partial charge in [0.05, 0.1) is 17.1 Å². The smallest absolute Gasteiger partial charge is 0.422 e. The molecular formula is C17H14F3N3O3. The molecule has 26 heavy (non-hydrogen) atoms. The van der Waals surface area contributed by atoms with Crippen LogP contribution in [-0.4, -0.2) is 28.8 Å². The van der Waals surface area contributed by atoms with E-state index in [9.17, 15) is 18.0 Å². The third-order valence-electron chi connectivity index (χ3n) is 3.51. The molecule has 3 rings (SSSR count). The minimum Gasteiger partial charge on any atom is -0.468 e. The molecule has 0 aliphatic carbocycles. The number of nitrogens with zero attached hydrogens (tertiary/aromatic N) is 2. The summed E-state index contributed by atoms with van der Waals surface area (Å²) >= 11 is 0. The molecule has 1 amide bonds. The zero-order valence-corrected chi connectivity index (χ0v) is 13.6. The minimum absolute atomic E-state index is 0.0527. The van der Waals surface area contributed by atoms with E-state index in [-0.39, 0.29) is 11.6 Å². The first-order valence-corrected chi connectivity index (χ1v) is 7.65. The van der Waals surface area contributed by atoms with Crippen LogP contribution in [0.25, 0.3) is 10.9 Å². The summed E-state index contributed by atoms with van der Waals surface area (Å²) in [6, 6.07) is 10.7. The van der Waals surface area contributed by atoms with Crippen molar-refractivity contribution in [2.24, 2.45) is 0 Å². The number of alkyl halides is 3. The van der Waals surface area contributed by atoms with Gasteiger partial charge in [0.2, 0.25) is 11.6 Å². The average molecular weight is 365 g/mol. The van der Waals surface area contributed by atoms with Gasteiger partial charge in [0, 0.05) is 6.07 Å². The van der Waals surface area contributed by atoms with E-state index in [0.717, 1.165) is 0 Å². The molecule has 1 unspecified atom stereocenters. The summed E-state index contributed by atoms with van der Waals surface area (Å²) in [5.41, 5.74) is 0.896. The largest absolute Gasteiger partial charge is 0.468 e. The van der Waals surface area contributed by atoms with E-state index < -0.39 is 24.7 Å². The highest BCUT2D eigenvalue weighted by Crippen LogP contribution is 2.21. The molecule has 1 atom stereocenters. The second-order valence-electron chi connectivity index (χ2n) is 5.53. The van der Waals surface area contributed by atoms with Crippen molar-refractivity contribution in [1.29, 1.82) is 0 Å². The highest BCUT2D eigenvalue weighted by atomic mass is 19.4. The number of carbonyl (C=O) groups excluding carboxylic acids is 1. The normalized spacial score (nSPS) is 12.8. The Kier molecular flexibility index (Phi) is 4.79. The molecule has 136 valence electrons. The van der Waals surface area contributed by atoms with Gasteiger partial charge >= 0.3 is 6.18 Å². The lowest BCUT2D eigenvalue weighted by Crippen LogP contribution is -2.27. The molecule has 3 aromatic rings. The SMILES string of the molecule is CC(NC(=O)c1onc2ccccc12)c1cccc(OCC(F)(F)F)n1. The number of hydrogen-bond donors (Lipinski definition) is 1. The van der Waals surface area contributed by atoms with Crippen molar-refractivity contribution in [3.63, 3.8) is 0 Å². The van der Waals surface area contributed by atoms with E-state index in [0.29, 0.717) is 16.6 Å². The monoisotopic (exact) mass is 365 g/mol. The van der Waals surface area contributed by atoms with Gasteiger partial charge in [0.1, 0.15) is 5.52 Å². The van der Waals surface area contributed by atoms with Gasteiger partial charge in [-0.05, 0) is 25.1 Å². The van der Waals surface area contributed by atoms with Crippen LogP contribution >= 0.6 is 0 Å². The highest BCUT2D eigenvalue weighted by Gasteiger charge is 2.28. The summed E-state index contributed by atoms with van der Waals surface area (Å²) in [5, 5.41) is 7.04. The van der Waals surface area contributed by atoms with Gasteiger partial charge in [-0.15, -0.1) is 0 Å². The molecule has 0 aliphatic heterocycles. The van der Waals surface area contributed by atoms with Gasteiger partial charge in [-0.2, -0.15) is 13.2 Å². The predicted octanol–water partition coefficient (Wildman–Crippen LogP) is 3.65. The Bertz CT molecular complexity index is 924. The van der Waals surface area contributed by atoms with Crippen LogP contribution in [0.4, 0.5) is 13.2 Å². The number of aromatic nitrogens is 2. The number of fused-ring (bicyclic) bond motifs is 1. The molecule has 6 nitrogen and oxygen atoms in total. The van der Waals surface area contributed by atoms with Gasteiger partial charge in [0.25, 0.3) is 5.91 Å². The first-order chi connectivity index (χ1) is 12.3. The molecule has 0 saturated carbocycles. The minimum atomic E-state index is -4.45. The summed E-state index contributed by atoms with van der Waals surface area (Å²) < 4.78 is 46.4. The molecule has 0 radical (unpaired) electrons. The van der Waals surface area contributed by atoms with E-state index in [2.05, 4.69) is 20.2 Å². The second kappa shape index (κ2) is 7.03. The van der Waals surface area contributed by atoms with Crippen molar-refractivity contribution in [3.05, 3.63) is 53.9 Å². The van der Waals surface area contributed by atoms with Gasteiger partial charge in [-0.1, -0.05) is 23.4 Å². The van der Waals surface area contributed by atoms with Gasteiger partial charge in [0.15, 0.2) is 6.61 Å². The van der Waals surface area contributed by atoms with E-state index in [1.807, 2.05) is 0 Å². The van der Waals surface area contributed by atoms with Crippen LogP contribution in [0.2, 0.25) is 0 Å². The fourth-order valence-electron chi connectivity index (χ4n) is 2.30. The van der Waals surface area contributed by atoms with Gasteiger partial charge in [-0.3, -0.25) is 4.79 Å². The Morgan fingerprint density at radius 2 is 2.00 bits per heavy atom. The standard InChI is InChI=1S/C17H14F3N3O3/c1-10(12-7-4-8-14(22-12)25-9-17(18,19)20)21-16(24)15-11-5-2-3-6-13(11)23-26-15/h2-8,10H,9H2,1H3,(H,21,24). The first-order valence-electron chi connectivity index (χ1n) is 7.65. The summed E-state index contributed by atoms with van der Waals surface area (Å²) in [4.78, 5) is 16.4. The Morgan fingerprint density at radius 1 is 1.23 bits per heavy atom. The van der Waals surface area contributed by atoms with Crippen LogP contribution < -0.4 is 10.1 Å². The van der Waals surface area contributed by atoms with Gasteiger partial charge < -0.3 is 14.6 Å². The van der Waals surface area contributed by atoms with Crippen molar-refractivity contribution < 1.29 is 27.2 Å². The zero-order chi connectivity index (χ0) is 18.7. The van der Waals surface area contributed by atoms with Crippen LogP contribution in [0.1, 0.15) is 29.2 Å². The third-order valence-corrected chi connectivity index (χ3v) is 3.51. The molecule has 1 aromatic carbocycles. The van der Waals surface area contributed by atoms with Crippen LogP contribution in [0.5, 0.6) is 5.88 Å². The number of nitrogens with one attached hydrogen (secondary N) is 1. The van der Waals surface area contributed by atoms with E-state index >= 15 is 0 Å². The van der Waals surface area contributed by atoms with Crippen molar-refractivity contribution in [1.82, 2.24) is 15.5 Å². The number of carbonyl (C=O) groups is 1. The summed E-state index contributed by atoms with van der Waals surface area (Å²) in [6.07, 6.45) is -4.45. The fraction of sp³-hybridized carbons (Fsp3) is 0.235. The maximum absolute atomic E-state index is 12.4. The Morgan fingerprint density at radius 3 is 2.77 bits per heavy atom. The molecule has 0 bridgehead atoms. The van der Waals surface area contributed by atoms with Crippen molar-refractivity contribution in [2.75, 3.05) is 6.61 Å². The second-order valence-corrected chi connectivity index (χ2v) is 5.53. The van der Waals surface area contributed by atoms with Crippen LogP contribution in [0.3, 0.4) is 0 Å². The van der Waals surface area contributed by atoms with Crippen molar-refractivity contribution >= 4 is 16.8 Å². The molecule has 9 heteroatoms. The molecule has 0 fully saturated rings. The lowest BCUT2D eigenvalue weighted by molar-refractivity contribution is -0.154. The van der Waals surface area contributed by atoms with Gasteiger partial charge in [-0.25, -0.2) is 4.98 Å². The first kappa shape index (κ1) is 17.7. The summed E-state index contributed by atoms with van der Waals surface area (Å²) in [7, 11) is 0. The number of hydrogen-bond acceptors (Lipinski definition) is 5. The number of halogens is 3. The van der Waals surface area contributed by atoms with E-state index in [4.69, 9.17) is 4.52 Å². The van der Waals surface area contributed by atoms with Crippen molar-refractivity contribution in [2.45, 2.75) is 19.1 Å². The molecule has 0 saturated heterocycles. The molecular weight excluding hydrogens is 351 g/mol. The number of ether oxygens (including phenoxy) is 1. The topological polar surface area (TPSA) is 77.2 Å². The number of pyridine rings is 1. The molecule has 0 spiro atoms. The Balaban J connectivity index is 1.71. The summed E-state index contributed by atoms with van der Waals surface area (Å²) in [5.74, 6) is -0.627. The zero-order valence-electron chi connectivity index (χ0n) is 13.6. The lowest BCUT2D eigenvalue weighted by Gasteiger charge is -2.14. The fourth-order valence-corrected chi connectivity index (χ4v) is 2.30. The molecule has 1 N–H and O–H groups in total. The molecule has 0 aliphatic rings. The average Bonchev–Trinajstić information content (AvgIpc) is 3.04. The van der Waals surface area contributed by atoms with Crippen LogP contribution in [0.15, 0.2) is 47.0 Å². The summed E-state index contributed by atoms with van der Waals surface area (Å²) in [6.45, 7) is 0.209. The molecule has 2 aromatic heterocycles. The van der Waals surface area contributed by atoms with Crippen LogP contribution in [-0.2, 0) is 0 Å². The predicted molar refractivity (Wildman–Crippen MR) is 85.7 cm³/mol. The maximum atomic E-state index is 12.4. The maximum Gasteiger partial charge on any atom is 0.422 e. The Labute approximate surface area is 146 Å². The Hall–Kier alpha value is -3.10. The quantitative estimate of drug-likeness (QED) is 0.747. The molecule has 2 heterocycles. The van der Waals surface area contributed by atoms with Crippen molar-refractivity contribution in [3.8, 4) is 5.88 Å². The number of rotatable bonds is 5. The van der Waals surface area contributed by atoms with E-state index in [1.165, 1.54) is 12.1 Å². The number of amides is 1. The third kappa shape index (κ3) is 4.11.